The van der Waals surface area contributed by atoms with Gasteiger partial charge in [-0.25, -0.2) is 0 Å². The number of aliphatic hydroxyl groups excluding tert-OH is 1. The Morgan fingerprint density at radius 1 is 1.17 bits per heavy atom. The molecule has 1 amide bonds. The second-order valence-electron chi connectivity index (χ2n) is 5.39. The molecule has 18 heavy (non-hydrogen) atoms. The minimum Gasteiger partial charge on any atom is -0.396 e. The maximum absolute atomic E-state index is 11.6. The van der Waals surface area contributed by atoms with Crippen LogP contribution in [0.3, 0.4) is 0 Å². The predicted molar refractivity (Wildman–Crippen MR) is 73.1 cm³/mol. The molecular formula is C14H28N2O2. The van der Waals surface area contributed by atoms with E-state index in [1.165, 1.54) is 6.42 Å². The van der Waals surface area contributed by atoms with Crippen molar-refractivity contribution in [3.63, 3.8) is 0 Å². The Morgan fingerprint density at radius 3 is 2.61 bits per heavy atom. The smallest absolute Gasteiger partial charge is 0.220 e. The average Bonchev–Trinajstić information content (AvgIpc) is 2.83. The number of unbranched alkanes of at least 4 members (excludes halogenated alkanes) is 3. The first-order valence-electron chi connectivity index (χ1n) is 7.35. The fourth-order valence-electron chi connectivity index (χ4n) is 2.74. The van der Waals surface area contributed by atoms with Gasteiger partial charge in [-0.15, -0.1) is 0 Å². The van der Waals surface area contributed by atoms with E-state index in [1.54, 1.807) is 0 Å². The van der Waals surface area contributed by atoms with Crippen molar-refractivity contribution in [2.45, 2.75) is 51.4 Å². The molecule has 0 spiro atoms. The largest absolute Gasteiger partial charge is 0.396 e. The third-order valence-electron chi connectivity index (χ3n) is 3.97. The van der Waals surface area contributed by atoms with E-state index in [0.29, 0.717) is 18.3 Å². The average molecular weight is 256 g/mol. The molecule has 106 valence electrons. The van der Waals surface area contributed by atoms with Gasteiger partial charge < -0.3 is 16.2 Å². The molecule has 0 aromatic carbocycles. The number of rotatable bonds is 9. The summed E-state index contributed by atoms with van der Waals surface area (Å²) in [7, 11) is 0. The van der Waals surface area contributed by atoms with Gasteiger partial charge in [0.05, 0.1) is 0 Å². The van der Waals surface area contributed by atoms with Gasteiger partial charge in [-0.3, -0.25) is 4.79 Å². The number of nitrogens with one attached hydrogen (secondary N) is 1. The van der Waals surface area contributed by atoms with E-state index in [4.69, 9.17) is 5.73 Å². The van der Waals surface area contributed by atoms with E-state index >= 15 is 0 Å². The van der Waals surface area contributed by atoms with E-state index in [-0.39, 0.29) is 12.5 Å². The van der Waals surface area contributed by atoms with Gasteiger partial charge in [0.2, 0.25) is 5.91 Å². The molecular weight excluding hydrogens is 228 g/mol. The maximum atomic E-state index is 11.6. The van der Waals surface area contributed by atoms with Crippen molar-refractivity contribution in [2.75, 3.05) is 19.7 Å². The van der Waals surface area contributed by atoms with Crippen LogP contribution in [0.15, 0.2) is 0 Å². The normalized spacial score (nSPS) is 23.2. The van der Waals surface area contributed by atoms with Crippen LogP contribution in [0.2, 0.25) is 0 Å². The number of aliphatic hydroxyl groups is 1. The molecule has 4 nitrogen and oxygen atoms in total. The van der Waals surface area contributed by atoms with Crippen molar-refractivity contribution in [1.29, 1.82) is 0 Å². The molecule has 0 radical (unpaired) electrons. The van der Waals surface area contributed by atoms with E-state index in [1.807, 2.05) is 0 Å². The molecule has 2 unspecified atom stereocenters. The van der Waals surface area contributed by atoms with Crippen LogP contribution in [0.5, 0.6) is 0 Å². The van der Waals surface area contributed by atoms with Crippen LogP contribution in [0.4, 0.5) is 0 Å². The van der Waals surface area contributed by atoms with Crippen LogP contribution < -0.4 is 11.1 Å². The van der Waals surface area contributed by atoms with E-state index in [2.05, 4.69) is 5.32 Å². The number of hydrogen-bond donors (Lipinski definition) is 3. The Morgan fingerprint density at radius 2 is 1.89 bits per heavy atom. The monoisotopic (exact) mass is 256 g/mol. The Balaban J connectivity index is 2.02. The van der Waals surface area contributed by atoms with Crippen molar-refractivity contribution < 1.29 is 9.90 Å². The number of carbonyl (C=O) groups is 1. The van der Waals surface area contributed by atoms with Crippen LogP contribution >= 0.6 is 0 Å². The molecule has 0 aromatic heterocycles. The molecule has 0 aromatic rings. The van der Waals surface area contributed by atoms with E-state index < -0.39 is 0 Å². The quantitative estimate of drug-likeness (QED) is 0.546. The van der Waals surface area contributed by atoms with Gasteiger partial charge in [-0.2, -0.15) is 0 Å². The first kappa shape index (κ1) is 15.4. The van der Waals surface area contributed by atoms with Gasteiger partial charge in [-0.05, 0) is 44.1 Å². The highest BCUT2D eigenvalue weighted by Crippen LogP contribution is 2.30. The molecule has 1 rings (SSSR count). The lowest BCUT2D eigenvalue weighted by atomic mass is 9.97. The first-order chi connectivity index (χ1) is 8.77. The van der Waals surface area contributed by atoms with Gasteiger partial charge >= 0.3 is 0 Å². The predicted octanol–water partition coefficient (Wildman–Crippen LogP) is 1.42. The first-order valence-corrected chi connectivity index (χ1v) is 7.35. The Bertz CT molecular complexity index is 234. The number of nitrogens with two attached hydrogens (primary N) is 1. The number of carbonyl (C=O) groups excluding carboxylic acids is 1. The van der Waals surface area contributed by atoms with Crippen molar-refractivity contribution in [1.82, 2.24) is 5.32 Å². The maximum Gasteiger partial charge on any atom is 0.220 e. The lowest BCUT2D eigenvalue weighted by Crippen LogP contribution is -2.31. The molecule has 1 saturated carbocycles. The zero-order valence-corrected chi connectivity index (χ0v) is 11.4. The molecule has 1 aliphatic rings. The zero-order valence-electron chi connectivity index (χ0n) is 11.4. The standard InChI is InChI=1S/C14H28N2O2/c15-9-4-2-1-3-8-14(18)16-10-12-6-5-7-13(12)11-17/h12-13,17H,1-11,15H2,(H,16,18). The van der Waals surface area contributed by atoms with Crippen LogP contribution in [0, 0.1) is 11.8 Å². The molecule has 0 bridgehead atoms. The Hall–Kier alpha value is -0.610. The minimum atomic E-state index is 0.159. The van der Waals surface area contributed by atoms with Crippen LogP contribution in [-0.2, 0) is 4.79 Å². The van der Waals surface area contributed by atoms with Crippen molar-refractivity contribution in [3.8, 4) is 0 Å². The molecule has 4 heteroatoms. The fourth-order valence-corrected chi connectivity index (χ4v) is 2.74. The SMILES string of the molecule is NCCCCCCC(=O)NCC1CCCC1CO. The van der Waals surface area contributed by atoms with Crippen molar-refractivity contribution in [2.24, 2.45) is 17.6 Å². The molecule has 0 aliphatic heterocycles. The molecule has 2 atom stereocenters. The minimum absolute atomic E-state index is 0.159. The lowest BCUT2D eigenvalue weighted by Gasteiger charge is -2.17. The summed E-state index contributed by atoms with van der Waals surface area (Å²) >= 11 is 0. The summed E-state index contributed by atoms with van der Waals surface area (Å²) in [5.41, 5.74) is 5.41. The molecule has 1 aliphatic carbocycles. The summed E-state index contributed by atoms with van der Waals surface area (Å²) < 4.78 is 0. The number of hydrogen-bond acceptors (Lipinski definition) is 3. The van der Waals surface area contributed by atoms with Gasteiger partial charge in [0, 0.05) is 19.6 Å². The van der Waals surface area contributed by atoms with E-state index in [0.717, 1.165) is 51.6 Å². The summed E-state index contributed by atoms with van der Waals surface area (Å²) in [6.45, 7) is 1.75. The summed E-state index contributed by atoms with van der Waals surface area (Å²) in [5, 5.41) is 12.2. The van der Waals surface area contributed by atoms with Gasteiger partial charge in [0.1, 0.15) is 0 Å². The summed E-state index contributed by atoms with van der Waals surface area (Å²) in [4.78, 5) is 11.6. The van der Waals surface area contributed by atoms with Gasteiger partial charge in [0.15, 0.2) is 0 Å². The fraction of sp³-hybridized carbons (Fsp3) is 0.929. The summed E-state index contributed by atoms with van der Waals surface area (Å²) in [6, 6.07) is 0. The third-order valence-corrected chi connectivity index (χ3v) is 3.97. The second kappa shape index (κ2) is 9.34. The lowest BCUT2D eigenvalue weighted by molar-refractivity contribution is -0.121. The highest BCUT2D eigenvalue weighted by Gasteiger charge is 2.26. The summed E-state index contributed by atoms with van der Waals surface area (Å²) in [6.07, 6.45) is 8.29. The third kappa shape index (κ3) is 5.83. The highest BCUT2D eigenvalue weighted by atomic mass is 16.3. The van der Waals surface area contributed by atoms with Gasteiger partial charge in [0.25, 0.3) is 0 Å². The van der Waals surface area contributed by atoms with E-state index in [9.17, 15) is 9.90 Å². The van der Waals surface area contributed by atoms with Crippen LogP contribution in [0.1, 0.15) is 51.4 Å². The van der Waals surface area contributed by atoms with Gasteiger partial charge in [-0.1, -0.05) is 19.3 Å². The second-order valence-corrected chi connectivity index (χ2v) is 5.39. The van der Waals surface area contributed by atoms with Crippen LogP contribution in [0.25, 0.3) is 0 Å². The Labute approximate surface area is 110 Å². The Kier molecular flexibility index (Phi) is 8.01. The topological polar surface area (TPSA) is 75.4 Å². The number of amides is 1. The van der Waals surface area contributed by atoms with Crippen LogP contribution in [-0.4, -0.2) is 30.7 Å². The summed E-state index contributed by atoms with van der Waals surface area (Å²) in [5.74, 6) is 1.04. The molecule has 0 heterocycles. The molecule has 4 N–H and O–H groups in total. The molecule has 0 saturated heterocycles. The highest BCUT2D eigenvalue weighted by molar-refractivity contribution is 5.75. The van der Waals surface area contributed by atoms with Crippen molar-refractivity contribution >= 4 is 5.91 Å². The zero-order chi connectivity index (χ0) is 13.2. The molecule has 1 fully saturated rings. The van der Waals surface area contributed by atoms with Crippen molar-refractivity contribution in [3.05, 3.63) is 0 Å².